The first-order valence-corrected chi connectivity index (χ1v) is 7.02. The molecule has 0 aromatic carbocycles. The molecule has 20 heavy (non-hydrogen) atoms. The number of ether oxygens (including phenoxy) is 1. The van der Waals surface area contributed by atoms with E-state index in [1.165, 1.54) is 19.3 Å². The van der Waals surface area contributed by atoms with Crippen LogP contribution in [-0.2, 0) is 0 Å². The molecule has 104 valence electrons. The van der Waals surface area contributed by atoms with Crippen molar-refractivity contribution in [1.29, 1.82) is 0 Å². The maximum absolute atomic E-state index is 5.81. The third-order valence-electron chi connectivity index (χ3n) is 3.57. The van der Waals surface area contributed by atoms with E-state index in [4.69, 9.17) is 10.5 Å². The number of aromatic nitrogens is 3. The minimum Gasteiger partial charge on any atom is -0.460 e. The lowest BCUT2D eigenvalue weighted by Crippen LogP contribution is -2.20. The lowest BCUT2D eigenvalue weighted by molar-refractivity contribution is 0.142. The Hall–Kier alpha value is -2.17. The molecule has 1 fully saturated rings. The van der Waals surface area contributed by atoms with Crippen LogP contribution in [-0.4, -0.2) is 21.1 Å². The van der Waals surface area contributed by atoms with Crippen LogP contribution in [0.5, 0.6) is 6.01 Å². The summed E-state index contributed by atoms with van der Waals surface area (Å²) in [5.74, 6) is 0.506. The van der Waals surface area contributed by atoms with Crippen LogP contribution in [0.25, 0.3) is 11.1 Å². The van der Waals surface area contributed by atoms with Crippen molar-refractivity contribution in [3.8, 4) is 17.1 Å². The molecule has 0 amide bonds. The first-order valence-electron chi connectivity index (χ1n) is 7.02. The molecular formula is C15H18N4O. The summed E-state index contributed by atoms with van der Waals surface area (Å²) in [7, 11) is 0. The summed E-state index contributed by atoms with van der Waals surface area (Å²) in [5.41, 5.74) is 7.43. The Balaban J connectivity index is 1.69. The van der Waals surface area contributed by atoms with Gasteiger partial charge in [-0.25, -0.2) is 15.0 Å². The average molecular weight is 270 g/mol. The smallest absolute Gasteiger partial charge is 0.316 e. The summed E-state index contributed by atoms with van der Waals surface area (Å²) in [4.78, 5) is 12.6. The fourth-order valence-corrected chi connectivity index (χ4v) is 2.43. The van der Waals surface area contributed by atoms with E-state index in [-0.39, 0.29) is 6.10 Å². The van der Waals surface area contributed by atoms with Crippen LogP contribution >= 0.6 is 0 Å². The van der Waals surface area contributed by atoms with Crippen molar-refractivity contribution in [1.82, 2.24) is 15.0 Å². The maximum atomic E-state index is 5.81. The van der Waals surface area contributed by atoms with E-state index in [2.05, 4.69) is 15.0 Å². The summed E-state index contributed by atoms with van der Waals surface area (Å²) >= 11 is 0. The van der Waals surface area contributed by atoms with Crippen molar-refractivity contribution >= 4 is 5.82 Å². The molecule has 1 aliphatic rings. The highest BCUT2D eigenvalue weighted by atomic mass is 16.5. The van der Waals surface area contributed by atoms with Gasteiger partial charge in [0.1, 0.15) is 11.9 Å². The van der Waals surface area contributed by atoms with Gasteiger partial charge < -0.3 is 10.5 Å². The lowest BCUT2D eigenvalue weighted by atomic mass is 9.98. The van der Waals surface area contributed by atoms with E-state index in [0.717, 1.165) is 24.0 Å². The van der Waals surface area contributed by atoms with E-state index in [0.29, 0.717) is 11.8 Å². The van der Waals surface area contributed by atoms with Gasteiger partial charge in [-0.2, -0.15) is 0 Å². The third kappa shape index (κ3) is 3.04. The maximum Gasteiger partial charge on any atom is 0.316 e. The van der Waals surface area contributed by atoms with Crippen molar-refractivity contribution in [3.63, 3.8) is 0 Å². The third-order valence-corrected chi connectivity index (χ3v) is 3.57. The first kappa shape index (κ1) is 12.8. The van der Waals surface area contributed by atoms with E-state index >= 15 is 0 Å². The molecule has 2 N–H and O–H groups in total. The van der Waals surface area contributed by atoms with Crippen LogP contribution in [0, 0.1) is 0 Å². The summed E-state index contributed by atoms with van der Waals surface area (Å²) in [6, 6.07) is 4.13. The van der Waals surface area contributed by atoms with E-state index in [1.807, 2.05) is 6.07 Å². The van der Waals surface area contributed by atoms with Crippen molar-refractivity contribution in [2.45, 2.75) is 38.2 Å². The second-order valence-corrected chi connectivity index (χ2v) is 5.10. The molecule has 2 aromatic heterocycles. The largest absolute Gasteiger partial charge is 0.460 e. The quantitative estimate of drug-likeness (QED) is 0.928. The molecule has 0 atom stereocenters. The Morgan fingerprint density at radius 3 is 2.25 bits per heavy atom. The van der Waals surface area contributed by atoms with Gasteiger partial charge in [-0.15, -0.1) is 0 Å². The number of pyridine rings is 1. The molecule has 5 heteroatoms. The number of hydrogen-bond acceptors (Lipinski definition) is 5. The normalized spacial score (nSPS) is 16.0. The van der Waals surface area contributed by atoms with Crippen molar-refractivity contribution < 1.29 is 4.74 Å². The van der Waals surface area contributed by atoms with Crippen LogP contribution in [0.4, 0.5) is 5.82 Å². The standard InChI is InChI=1S/C15H18N4O/c16-14-7-6-11(8-17-14)12-9-18-15(19-10-12)20-13-4-2-1-3-5-13/h6-10,13H,1-5H2,(H2,16,17). The molecule has 0 bridgehead atoms. The van der Waals surface area contributed by atoms with Gasteiger partial charge in [0.05, 0.1) is 0 Å². The molecule has 0 radical (unpaired) electrons. The van der Waals surface area contributed by atoms with Crippen molar-refractivity contribution in [2.24, 2.45) is 0 Å². The Kier molecular flexibility index (Phi) is 3.76. The van der Waals surface area contributed by atoms with E-state index < -0.39 is 0 Å². The SMILES string of the molecule is Nc1ccc(-c2cnc(OC3CCCCC3)nc2)cn1. The molecule has 2 aromatic rings. The molecule has 0 saturated heterocycles. The number of nitrogens with zero attached hydrogens (tertiary/aromatic N) is 3. The van der Waals surface area contributed by atoms with Gasteiger partial charge in [-0.05, 0) is 37.8 Å². The molecule has 0 spiro atoms. The predicted molar refractivity (Wildman–Crippen MR) is 77.2 cm³/mol. The zero-order valence-corrected chi connectivity index (χ0v) is 11.3. The number of nitrogens with two attached hydrogens (primary N) is 1. The summed E-state index contributed by atoms with van der Waals surface area (Å²) in [6.07, 6.45) is 11.5. The number of hydrogen-bond donors (Lipinski definition) is 1. The summed E-state index contributed by atoms with van der Waals surface area (Å²) < 4.78 is 5.81. The minimum absolute atomic E-state index is 0.271. The zero-order valence-electron chi connectivity index (χ0n) is 11.3. The number of anilines is 1. The van der Waals surface area contributed by atoms with Crippen LogP contribution in [0.15, 0.2) is 30.7 Å². The highest BCUT2D eigenvalue weighted by molar-refractivity contribution is 5.61. The molecule has 3 rings (SSSR count). The highest BCUT2D eigenvalue weighted by Gasteiger charge is 2.15. The highest BCUT2D eigenvalue weighted by Crippen LogP contribution is 2.22. The molecule has 0 unspecified atom stereocenters. The second-order valence-electron chi connectivity index (χ2n) is 5.10. The molecule has 1 aliphatic carbocycles. The minimum atomic E-state index is 0.271. The molecule has 1 saturated carbocycles. The fraction of sp³-hybridized carbons (Fsp3) is 0.400. The van der Waals surface area contributed by atoms with Crippen molar-refractivity contribution in [3.05, 3.63) is 30.7 Å². The van der Waals surface area contributed by atoms with Crippen LogP contribution in [0.1, 0.15) is 32.1 Å². The van der Waals surface area contributed by atoms with Crippen LogP contribution in [0.3, 0.4) is 0 Å². The van der Waals surface area contributed by atoms with Gasteiger partial charge in [0.25, 0.3) is 0 Å². The van der Waals surface area contributed by atoms with Gasteiger partial charge in [-0.3, -0.25) is 0 Å². The lowest BCUT2D eigenvalue weighted by Gasteiger charge is -2.21. The van der Waals surface area contributed by atoms with Crippen molar-refractivity contribution in [2.75, 3.05) is 5.73 Å². The Morgan fingerprint density at radius 2 is 1.60 bits per heavy atom. The molecule has 2 heterocycles. The Bertz CT molecular complexity index is 547. The zero-order chi connectivity index (χ0) is 13.8. The number of rotatable bonds is 3. The van der Waals surface area contributed by atoms with Gasteiger partial charge in [-0.1, -0.05) is 6.42 Å². The molecule has 0 aliphatic heterocycles. The van der Waals surface area contributed by atoms with Crippen LogP contribution < -0.4 is 10.5 Å². The second kappa shape index (κ2) is 5.86. The topological polar surface area (TPSA) is 73.9 Å². The monoisotopic (exact) mass is 270 g/mol. The average Bonchev–Trinajstić information content (AvgIpc) is 2.50. The predicted octanol–water partition coefficient (Wildman–Crippen LogP) is 2.83. The van der Waals surface area contributed by atoms with Gasteiger partial charge in [0.15, 0.2) is 0 Å². The summed E-state index contributed by atoms with van der Waals surface area (Å²) in [6.45, 7) is 0. The first-order chi connectivity index (χ1) is 9.81. The molecular weight excluding hydrogens is 252 g/mol. The van der Waals surface area contributed by atoms with Gasteiger partial charge in [0, 0.05) is 29.7 Å². The number of nitrogen functional groups attached to an aromatic ring is 1. The van der Waals surface area contributed by atoms with E-state index in [1.54, 1.807) is 24.7 Å². The fourth-order valence-electron chi connectivity index (χ4n) is 2.43. The van der Waals surface area contributed by atoms with Gasteiger partial charge >= 0.3 is 6.01 Å². The van der Waals surface area contributed by atoms with Gasteiger partial charge in [0.2, 0.25) is 0 Å². The Labute approximate surface area is 118 Å². The van der Waals surface area contributed by atoms with E-state index in [9.17, 15) is 0 Å². The van der Waals surface area contributed by atoms with Crippen LogP contribution in [0.2, 0.25) is 0 Å². The Morgan fingerprint density at radius 1 is 0.900 bits per heavy atom. The summed E-state index contributed by atoms with van der Waals surface area (Å²) in [5, 5.41) is 0. The molecule has 5 nitrogen and oxygen atoms in total.